The quantitative estimate of drug-likeness (QED) is 0.755. The number of benzene rings is 1. The second-order valence-electron chi connectivity index (χ2n) is 5.00. The predicted octanol–water partition coefficient (Wildman–Crippen LogP) is 3.85. The Balaban J connectivity index is 2.47. The van der Waals surface area contributed by atoms with E-state index in [-0.39, 0.29) is 0 Å². The summed E-state index contributed by atoms with van der Waals surface area (Å²) in [6.07, 6.45) is 3.53. The van der Waals surface area contributed by atoms with E-state index in [9.17, 15) is 0 Å². The third kappa shape index (κ3) is 5.09. The van der Waals surface area contributed by atoms with Crippen LogP contribution >= 0.6 is 0 Å². The van der Waals surface area contributed by atoms with Crippen LogP contribution in [-0.4, -0.2) is 19.2 Å². The lowest BCUT2D eigenvalue weighted by molar-refractivity contribution is 0.255. The van der Waals surface area contributed by atoms with E-state index in [2.05, 4.69) is 51.2 Å². The first kappa shape index (κ1) is 15.0. The molecule has 1 aromatic rings. The van der Waals surface area contributed by atoms with Gasteiger partial charge in [-0.3, -0.25) is 0 Å². The summed E-state index contributed by atoms with van der Waals surface area (Å²) in [6, 6.07) is 6.78. The molecule has 0 fully saturated rings. The molecule has 0 amide bonds. The van der Waals surface area contributed by atoms with Crippen LogP contribution < -0.4 is 10.1 Å². The highest BCUT2D eigenvalue weighted by molar-refractivity contribution is 5.33. The molecule has 1 atom stereocenters. The molecule has 0 aliphatic heterocycles. The second kappa shape index (κ2) is 8.15. The van der Waals surface area contributed by atoms with Crippen molar-refractivity contribution in [1.29, 1.82) is 0 Å². The van der Waals surface area contributed by atoms with Crippen molar-refractivity contribution in [2.45, 2.75) is 53.0 Å². The molecule has 1 aromatic carbocycles. The minimum Gasteiger partial charge on any atom is -0.492 e. The van der Waals surface area contributed by atoms with Crippen molar-refractivity contribution < 1.29 is 4.74 Å². The Hall–Kier alpha value is -1.02. The zero-order valence-electron chi connectivity index (χ0n) is 12.3. The van der Waals surface area contributed by atoms with E-state index in [0.29, 0.717) is 6.04 Å². The summed E-state index contributed by atoms with van der Waals surface area (Å²) in [5, 5.41) is 3.54. The van der Waals surface area contributed by atoms with Crippen molar-refractivity contribution in [2.75, 3.05) is 13.2 Å². The van der Waals surface area contributed by atoms with Crippen LogP contribution in [0.5, 0.6) is 5.75 Å². The smallest absolute Gasteiger partial charge is 0.119 e. The standard InChI is InChI=1S/C16H27NO/c1-5-7-15(17-10-6-2)12-18-16-9-8-13(3)14(4)11-16/h8-9,11,15,17H,5-7,10,12H2,1-4H3. The van der Waals surface area contributed by atoms with Crippen LogP contribution in [0.3, 0.4) is 0 Å². The Morgan fingerprint density at radius 1 is 1.11 bits per heavy atom. The highest BCUT2D eigenvalue weighted by Crippen LogP contribution is 2.16. The second-order valence-corrected chi connectivity index (χ2v) is 5.00. The fourth-order valence-electron chi connectivity index (χ4n) is 1.94. The van der Waals surface area contributed by atoms with Crippen molar-refractivity contribution >= 4 is 0 Å². The molecule has 0 aliphatic rings. The Labute approximate surface area is 112 Å². The first-order chi connectivity index (χ1) is 8.67. The minimum absolute atomic E-state index is 0.469. The van der Waals surface area contributed by atoms with Crippen LogP contribution in [0.4, 0.5) is 0 Å². The van der Waals surface area contributed by atoms with E-state index in [0.717, 1.165) is 18.9 Å². The lowest BCUT2D eigenvalue weighted by Crippen LogP contribution is -2.35. The first-order valence-electron chi connectivity index (χ1n) is 7.10. The summed E-state index contributed by atoms with van der Waals surface area (Å²) >= 11 is 0. The fraction of sp³-hybridized carbons (Fsp3) is 0.625. The Morgan fingerprint density at radius 3 is 2.50 bits per heavy atom. The number of ether oxygens (including phenoxy) is 1. The van der Waals surface area contributed by atoms with Crippen LogP contribution in [0.15, 0.2) is 18.2 Å². The summed E-state index contributed by atoms with van der Waals surface area (Å²) in [6.45, 7) is 10.5. The van der Waals surface area contributed by atoms with Gasteiger partial charge in [0.2, 0.25) is 0 Å². The molecule has 0 spiro atoms. The van der Waals surface area contributed by atoms with Gasteiger partial charge in [-0.15, -0.1) is 0 Å². The zero-order chi connectivity index (χ0) is 13.4. The fourth-order valence-corrected chi connectivity index (χ4v) is 1.94. The molecule has 0 aromatic heterocycles. The van der Waals surface area contributed by atoms with E-state index in [1.807, 2.05) is 0 Å². The van der Waals surface area contributed by atoms with E-state index in [1.54, 1.807) is 0 Å². The molecule has 0 bridgehead atoms. The summed E-state index contributed by atoms with van der Waals surface area (Å²) in [4.78, 5) is 0. The van der Waals surface area contributed by atoms with Gasteiger partial charge < -0.3 is 10.1 Å². The third-order valence-electron chi connectivity index (χ3n) is 3.25. The Kier molecular flexibility index (Phi) is 6.81. The molecule has 0 saturated heterocycles. The summed E-state index contributed by atoms with van der Waals surface area (Å²) in [5.74, 6) is 0.984. The van der Waals surface area contributed by atoms with Crippen LogP contribution in [-0.2, 0) is 0 Å². The molecular formula is C16H27NO. The number of aryl methyl sites for hydroxylation is 2. The summed E-state index contributed by atoms with van der Waals surface area (Å²) in [5.41, 5.74) is 2.61. The topological polar surface area (TPSA) is 21.3 Å². The number of hydrogen-bond acceptors (Lipinski definition) is 2. The molecule has 102 valence electrons. The largest absolute Gasteiger partial charge is 0.492 e. The maximum absolute atomic E-state index is 5.89. The lowest BCUT2D eigenvalue weighted by Gasteiger charge is -2.18. The number of rotatable bonds is 8. The minimum atomic E-state index is 0.469. The monoisotopic (exact) mass is 249 g/mol. The molecule has 1 rings (SSSR count). The molecule has 2 nitrogen and oxygen atoms in total. The predicted molar refractivity (Wildman–Crippen MR) is 78.4 cm³/mol. The van der Waals surface area contributed by atoms with Gasteiger partial charge in [-0.05, 0) is 56.5 Å². The Morgan fingerprint density at radius 2 is 1.89 bits per heavy atom. The average Bonchev–Trinajstić information content (AvgIpc) is 2.37. The van der Waals surface area contributed by atoms with Gasteiger partial charge in [-0.2, -0.15) is 0 Å². The molecule has 0 saturated carbocycles. The molecule has 18 heavy (non-hydrogen) atoms. The van der Waals surface area contributed by atoms with Gasteiger partial charge in [0.25, 0.3) is 0 Å². The normalized spacial score (nSPS) is 12.4. The zero-order valence-corrected chi connectivity index (χ0v) is 12.3. The number of nitrogens with one attached hydrogen (secondary N) is 1. The SMILES string of the molecule is CCCNC(CCC)COc1ccc(C)c(C)c1. The molecule has 1 unspecified atom stereocenters. The van der Waals surface area contributed by atoms with Gasteiger partial charge in [0, 0.05) is 6.04 Å². The van der Waals surface area contributed by atoms with Crippen LogP contribution in [0, 0.1) is 13.8 Å². The Bertz CT molecular complexity index is 349. The maximum Gasteiger partial charge on any atom is 0.119 e. The molecule has 1 N–H and O–H groups in total. The van der Waals surface area contributed by atoms with E-state index in [4.69, 9.17) is 4.74 Å². The van der Waals surface area contributed by atoms with Crippen molar-refractivity contribution in [3.63, 3.8) is 0 Å². The van der Waals surface area contributed by atoms with Gasteiger partial charge in [-0.25, -0.2) is 0 Å². The van der Waals surface area contributed by atoms with Gasteiger partial charge in [0.1, 0.15) is 12.4 Å². The van der Waals surface area contributed by atoms with Gasteiger partial charge >= 0.3 is 0 Å². The van der Waals surface area contributed by atoms with E-state index < -0.39 is 0 Å². The molecule has 2 heteroatoms. The summed E-state index contributed by atoms with van der Waals surface area (Å²) < 4.78 is 5.89. The van der Waals surface area contributed by atoms with E-state index >= 15 is 0 Å². The van der Waals surface area contributed by atoms with E-state index in [1.165, 1.54) is 30.4 Å². The molecule has 0 aliphatic carbocycles. The number of hydrogen-bond donors (Lipinski definition) is 1. The molecule has 0 radical (unpaired) electrons. The van der Waals surface area contributed by atoms with Crippen LogP contribution in [0.2, 0.25) is 0 Å². The highest BCUT2D eigenvalue weighted by Gasteiger charge is 2.07. The van der Waals surface area contributed by atoms with Crippen molar-refractivity contribution in [3.05, 3.63) is 29.3 Å². The van der Waals surface area contributed by atoms with Gasteiger partial charge in [0.15, 0.2) is 0 Å². The van der Waals surface area contributed by atoms with Gasteiger partial charge in [-0.1, -0.05) is 26.3 Å². The third-order valence-corrected chi connectivity index (χ3v) is 3.25. The van der Waals surface area contributed by atoms with Crippen LogP contribution in [0.25, 0.3) is 0 Å². The maximum atomic E-state index is 5.89. The van der Waals surface area contributed by atoms with Gasteiger partial charge in [0.05, 0.1) is 0 Å². The molecule has 0 heterocycles. The summed E-state index contributed by atoms with van der Waals surface area (Å²) in [7, 11) is 0. The van der Waals surface area contributed by atoms with Crippen LogP contribution in [0.1, 0.15) is 44.2 Å². The molecular weight excluding hydrogens is 222 g/mol. The highest BCUT2D eigenvalue weighted by atomic mass is 16.5. The average molecular weight is 249 g/mol. The van der Waals surface area contributed by atoms with Crippen molar-refractivity contribution in [3.8, 4) is 5.75 Å². The lowest BCUT2D eigenvalue weighted by atomic mass is 10.1. The van der Waals surface area contributed by atoms with Crippen molar-refractivity contribution in [2.24, 2.45) is 0 Å². The first-order valence-corrected chi connectivity index (χ1v) is 7.10. The van der Waals surface area contributed by atoms with Crippen molar-refractivity contribution in [1.82, 2.24) is 5.32 Å².